The summed E-state index contributed by atoms with van der Waals surface area (Å²) in [6.45, 7) is 5.20. The highest BCUT2D eigenvalue weighted by molar-refractivity contribution is 6.65. The van der Waals surface area contributed by atoms with Gasteiger partial charge in [-0.15, -0.1) is 0 Å². The van der Waals surface area contributed by atoms with Gasteiger partial charge in [-0.05, 0) is 25.9 Å². The van der Waals surface area contributed by atoms with Crippen LogP contribution in [0.3, 0.4) is 0 Å². The van der Waals surface area contributed by atoms with Gasteiger partial charge in [-0.2, -0.15) is 0 Å². The fraction of sp³-hybridized carbons (Fsp3) is 0.889. The summed E-state index contributed by atoms with van der Waals surface area (Å²) in [6.07, 6.45) is 0.877. The third kappa shape index (κ3) is 6.48. The Labute approximate surface area is 92.8 Å². The number of nitrogens with one attached hydrogen (secondary N) is 2. The van der Waals surface area contributed by atoms with Crippen LogP contribution in [0.2, 0.25) is 12.6 Å². The molecule has 0 aliphatic carbocycles. The molecule has 0 aliphatic rings. The zero-order chi connectivity index (χ0) is 11.7. The minimum Gasteiger partial charge on any atom is -0.398 e. The van der Waals surface area contributed by atoms with E-state index in [1.54, 1.807) is 14.2 Å². The third-order valence-corrected chi connectivity index (χ3v) is 5.28. The highest BCUT2D eigenvalue weighted by Crippen LogP contribution is 2.12. The van der Waals surface area contributed by atoms with Gasteiger partial charge in [0.1, 0.15) is 0 Å². The van der Waals surface area contributed by atoms with Crippen LogP contribution in [0.5, 0.6) is 0 Å². The number of carbonyl (C=O) groups excluding carboxylic acids is 1. The molecule has 0 saturated carbocycles. The Kier molecular flexibility index (Phi) is 7.36. The summed E-state index contributed by atoms with van der Waals surface area (Å²) in [4.78, 5) is 11.0. The van der Waals surface area contributed by atoms with Crippen LogP contribution in [0.1, 0.15) is 13.3 Å². The average Bonchev–Trinajstić information content (AvgIpc) is 2.24. The summed E-state index contributed by atoms with van der Waals surface area (Å²) >= 11 is 0. The van der Waals surface area contributed by atoms with Gasteiger partial charge in [-0.1, -0.05) is 0 Å². The molecule has 15 heavy (non-hydrogen) atoms. The van der Waals surface area contributed by atoms with Crippen LogP contribution in [0.25, 0.3) is 0 Å². The van der Waals surface area contributed by atoms with Gasteiger partial charge in [0.2, 0.25) is 0 Å². The van der Waals surface area contributed by atoms with Crippen LogP contribution in [0, 0.1) is 0 Å². The number of urea groups is 1. The topological polar surface area (TPSA) is 59.6 Å². The molecule has 0 atom stereocenters. The maximum atomic E-state index is 11.0. The van der Waals surface area contributed by atoms with Crippen molar-refractivity contribution < 1.29 is 13.6 Å². The Morgan fingerprint density at radius 3 is 2.33 bits per heavy atom. The zero-order valence-corrected chi connectivity index (χ0v) is 11.1. The Morgan fingerprint density at radius 2 is 1.87 bits per heavy atom. The highest BCUT2D eigenvalue weighted by Gasteiger charge is 2.27. The quantitative estimate of drug-likeness (QED) is 0.511. The average molecular weight is 234 g/mol. The van der Waals surface area contributed by atoms with Crippen molar-refractivity contribution in [1.29, 1.82) is 0 Å². The lowest BCUT2D eigenvalue weighted by Crippen LogP contribution is -2.39. The monoisotopic (exact) mass is 234 g/mol. The molecule has 2 N–H and O–H groups in total. The van der Waals surface area contributed by atoms with Gasteiger partial charge in [0.05, 0.1) is 0 Å². The third-order valence-electron chi connectivity index (χ3n) is 2.29. The van der Waals surface area contributed by atoms with Crippen LogP contribution in [0.4, 0.5) is 4.79 Å². The van der Waals surface area contributed by atoms with Gasteiger partial charge in [-0.3, -0.25) is 0 Å². The van der Waals surface area contributed by atoms with E-state index < -0.39 is 8.56 Å². The number of rotatable bonds is 7. The number of carbonyl (C=O) groups is 1. The summed E-state index contributed by atoms with van der Waals surface area (Å²) in [7, 11) is 1.39. The van der Waals surface area contributed by atoms with Crippen LogP contribution in [-0.4, -0.2) is 41.9 Å². The van der Waals surface area contributed by atoms with Crippen LogP contribution >= 0.6 is 0 Å². The molecule has 0 bridgehead atoms. The molecule has 0 spiro atoms. The molecular formula is C9H22N2O3Si. The molecule has 0 radical (unpaired) electrons. The summed E-state index contributed by atoms with van der Waals surface area (Å²) in [5, 5.41) is 5.44. The minimum absolute atomic E-state index is 0.115. The van der Waals surface area contributed by atoms with Gasteiger partial charge in [-0.25, -0.2) is 4.79 Å². The molecule has 0 aromatic heterocycles. The Bertz CT molecular complexity index is 186. The number of hydrogen-bond acceptors (Lipinski definition) is 3. The molecule has 6 heteroatoms. The van der Waals surface area contributed by atoms with Crippen LogP contribution in [0.15, 0.2) is 0 Å². The summed E-state index contributed by atoms with van der Waals surface area (Å²) in [5.41, 5.74) is 0. The van der Waals surface area contributed by atoms with Gasteiger partial charge < -0.3 is 19.5 Å². The van der Waals surface area contributed by atoms with E-state index in [0.29, 0.717) is 13.1 Å². The largest absolute Gasteiger partial charge is 0.398 e. The molecule has 0 rings (SSSR count). The van der Waals surface area contributed by atoms with Crippen molar-refractivity contribution in [2.75, 3.05) is 27.3 Å². The number of amides is 2. The standard InChI is InChI=1S/C9H22N2O3Si/c1-5-10-9(12)11-7-6-8-15(4,13-2)14-3/h5-8H2,1-4H3,(H2,10,11,12). The second-order valence-corrected chi connectivity index (χ2v) is 7.02. The Morgan fingerprint density at radius 1 is 1.27 bits per heavy atom. The van der Waals surface area contributed by atoms with E-state index in [9.17, 15) is 4.79 Å². The first-order valence-electron chi connectivity index (χ1n) is 5.20. The SMILES string of the molecule is CCNC(=O)NCCC[Si](C)(OC)OC. The van der Waals surface area contributed by atoms with E-state index in [2.05, 4.69) is 10.6 Å². The summed E-state index contributed by atoms with van der Waals surface area (Å²) < 4.78 is 10.7. The molecule has 0 saturated heterocycles. The van der Waals surface area contributed by atoms with Crippen molar-refractivity contribution in [1.82, 2.24) is 10.6 Å². The second kappa shape index (κ2) is 7.67. The van der Waals surface area contributed by atoms with Crippen molar-refractivity contribution in [3.05, 3.63) is 0 Å². The van der Waals surface area contributed by atoms with E-state index in [1.807, 2.05) is 13.5 Å². The molecule has 90 valence electrons. The van der Waals surface area contributed by atoms with E-state index in [4.69, 9.17) is 8.85 Å². The first-order chi connectivity index (χ1) is 7.08. The van der Waals surface area contributed by atoms with E-state index in [-0.39, 0.29) is 6.03 Å². The molecule has 0 aliphatic heterocycles. The van der Waals surface area contributed by atoms with Crippen LogP contribution < -0.4 is 10.6 Å². The lowest BCUT2D eigenvalue weighted by molar-refractivity contribution is 0.239. The fourth-order valence-corrected chi connectivity index (χ4v) is 2.52. The zero-order valence-electron chi connectivity index (χ0n) is 10.1. The number of hydrogen-bond donors (Lipinski definition) is 2. The first-order valence-corrected chi connectivity index (χ1v) is 7.72. The predicted molar refractivity (Wildman–Crippen MR) is 62.1 cm³/mol. The van der Waals surface area contributed by atoms with Crippen LogP contribution in [-0.2, 0) is 8.85 Å². The van der Waals surface area contributed by atoms with Crippen molar-refractivity contribution in [2.45, 2.75) is 25.9 Å². The molecule has 0 aromatic rings. The lowest BCUT2D eigenvalue weighted by Gasteiger charge is -2.22. The van der Waals surface area contributed by atoms with Crippen molar-refractivity contribution in [3.8, 4) is 0 Å². The van der Waals surface area contributed by atoms with Crippen molar-refractivity contribution in [3.63, 3.8) is 0 Å². The summed E-state index contributed by atoms with van der Waals surface area (Å²) in [6, 6.07) is 0.766. The maximum absolute atomic E-state index is 11.0. The Hall–Kier alpha value is -0.593. The Balaban J connectivity index is 3.57. The highest BCUT2D eigenvalue weighted by atomic mass is 28.4. The summed E-state index contributed by atoms with van der Waals surface area (Å²) in [5.74, 6) is 0. The van der Waals surface area contributed by atoms with Gasteiger partial charge in [0, 0.05) is 27.3 Å². The first kappa shape index (κ1) is 14.4. The molecule has 0 aromatic carbocycles. The second-order valence-electron chi connectivity index (χ2n) is 3.43. The van der Waals surface area contributed by atoms with Gasteiger partial charge in [0.15, 0.2) is 0 Å². The molecule has 0 heterocycles. The molecule has 0 unspecified atom stereocenters. The lowest BCUT2D eigenvalue weighted by atomic mass is 10.5. The minimum atomic E-state index is -1.96. The molecule has 0 fully saturated rings. The van der Waals surface area contributed by atoms with Gasteiger partial charge >= 0.3 is 14.6 Å². The maximum Gasteiger partial charge on any atom is 0.334 e. The fourth-order valence-electron chi connectivity index (χ4n) is 1.12. The predicted octanol–water partition coefficient (Wildman–Crippen LogP) is 1.06. The molecule has 5 nitrogen and oxygen atoms in total. The normalized spacial score (nSPS) is 11.2. The van der Waals surface area contributed by atoms with Crippen molar-refractivity contribution >= 4 is 14.6 Å². The van der Waals surface area contributed by atoms with E-state index in [0.717, 1.165) is 12.5 Å². The van der Waals surface area contributed by atoms with Crippen molar-refractivity contribution in [2.24, 2.45) is 0 Å². The van der Waals surface area contributed by atoms with E-state index in [1.165, 1.54) is 0 Å². The molecule has 2 amide bonds. The molecular weight excluding hydrogens is 212 g/mol. The van der Waals surface area contributed by atoms with Gasteiger partial charge in [0.25, 0.3) is 0 Å². The van der Waals surface area contributed by atoms with E-state index >= 15 is 0 Å². The smallest absolute Gasteiger partial charge is 0.334 e.